The minimum Gasteiger partial charge on any atom is -0.389 e. The number of pyridine rings is 1. The van der Waals surface area contributed by atoms with Crippen LogP contribution in [0, 0.1) is 6.92 Å². The van der Waals surface area contributed by atoms with Gasteiger partial charge in [-0.15, -0.1) is 0 Å². The lowest BCUT2D eigenvalue weighted by Gasteiger charge is -2.16. The number of rotatable bonds is 4. The average Bonchev–Trinajstić information content (AvgIpc) is 2.26. The fourth-order valence-electron chi connectivity index (χ4n) is 1.17. The lowest BCUT2D eigenvalue weighted by molar-refractivity contribution is -0.109. The van der Waals surface area contributed by atoms with Gasteiger partial charge in [-0.05, 0) is 13.0 Å². The van der Waals surface area contributed by atoms with Gasteiger partial charge in [-0.25, -0.2) is 0 Å². The Balaban J connectivity index is 2.59. The molecule has 0 bridgehead atoms. The molecule has 4 nitrogen and oxygen atoms in total. The van der Waals surface area contributed by atoms with Gasteiger partial charge in [0, 0.05) is 30.1 Å². The molecule has 1 rings (SSSR count). The van der Waals surface area contributed by atoms with E-state index in [4.69, 9.17) is 0 Å². The van der Waals surface area contributed by atoms with Crippen molar-refractivity contribution in [3.63, 3.8) is 0 Å². The predicted molar refractivity (Wildman–Crippen MR) is 63.1 cm³/mol. The van der Waals surface area contributed by atoms with Crippen LogP contribution in [0.3, 0.4) is 0 Å². The van der Waals surface area contributed by atoms with Gasteiger partial charge < -0.3 is 10.2 Å². The van der Waals surface area contributed by atoms with E-state index in [-0.39, 0.29) is 10.9 Å². The van der Waals surface area contributed by atoms with Gasteiger partial charge in [0.05, 0.1) is 6.10 Å². The predicted octanol–water partition coefficient (Wildman–Crippen LogP) is 1.06. The molecule has 16 heavy (non-hydrogen) atoms. The summed E-state index contributed by atoms with van der Waals surface area (Å²) in [7, 11) is 0. The zero-order chi connectivity index (χ0) is 12.1. The van der Waals surface area contributed by atoms with Gasteiger partial charge in [0.2, 0.25) is 0 Å². The molecule has 2 atom stereocenters. The molecule has 1 aromatic rings. The molecule has 0 saturated carbocycles. The molecule has 0 aliphatic heterocycles. The van der Waals surface area contributed by atoms with E-state index < -0.39 is 12.2 Å². The van der Waals surface area contributed by atoms with E-state index in [1.165, 1.54) is 13.1 Å². The molecule has 1 heterocycles. The Morgan fingerprint density at radius 1 is 1.50 bits per heavy atom. The van der Waals surface area contributed by atoms with E-state index in [1.807, 2.05) is 6.92 Å². The summed E-state index contributed by atoms with van der Waals surface area (Å²) < 4.78 is 0. The summed E-state index contributed by atoms with van der Waals surface area (Å²) in [6, 6.07) is 3.48. The van der Waals surface area contributed by atoms with Crippen molar-refractivity contribution < 1.29 is 15.0 Å². The zero-order valence-electron chi connectivity index (χ0n) is 9.25. The monoisotopic (exact) mass is 241 g/mol. The topological polar surface area (TPSA) is 70.4 Å². The Morgan fingerprint density at radius 3 is 2.69 bits per heavy atom. The molecule has 0 aromatic carbocycles. The van der Waals surface area contributed by atoms with Crippen LogP contribution < -0.4 is 0 Å². The molecule has 0 spiro atoms. The summed E-state index contributed by atoms with van der Waals surface area (Å²) in [6.45, 7) is 3.27. The molecule has 0 amide bonds. The number of aliphatic hydroxyl groups is 2. The number of nitrogens with zero attached hydrogens (tertiary/aromatic N) is 1. The van der Waals surface area contributed by atoms with Crippen molar-refractivity contribution in [3.05, 3.63) is 29.6 Å². The third kappa shape index (κ3) is 3.92. The van der Waals surface area contributed by atoms with Crippen LogP contribution in [-0.2, 0) is 4.79 Å². The third-order valence-electron chi connectivity index (χ3n) is 2.10. The second kappa shape index (κ2) is 5.98. The summed E-state index contributed by atoms with van der Waals surface area (Å²) in [4.78, 5) is 14.7. The minimum atomic E-state index is -1.00. The van der Waals surface area contributed by atoms with Gasteiger partial charge >= 0.3 is 0 Å². The molecule has 5 heteroatoms. The van der Waals surface area contributed by atoms with E-state index in [9.17, 15) is 15.0 Å². The van der Waals surface area contributed by atoms with Crippen LogP contribution in [0.5, 0.6) is 0 Å². The van der Waals surface area contributed by atoms with E-state index >= 15 is 0 Å². The molecule has 0 aliphatic rings. The molecule has 0 aliphatic carbocycles. The maximum Gasteiger partial charge on any atom is 0.185 e. The number of carbonyl (C=O) groups is 1. The first kappa shape index (κ1) is 13.2. The highest BCUT2D eigenvalue weighted by Crippen LogP contribution is 2.19. The number of aryl methyl sites for hydroxylation is 1. The number of aromatic nitrogens is 1. The van der Waals surface area contributed by atoms with Crippen LogP contribution in [0.2, 0.25) is 0 Å². The number of aliphatic hydroxyl groups excluding tert-OH is 2. The van der Waals surface area contributed by atoms with Gasteiger partial charge in [0.15, 0.2) is 5.12 Å². The summed E-state index contributed by atoms with van der Waals surface area (Å²) in [5, 5.41) is 19.3. The van der Waals surface area contributed by atoms with Gasteiger partial charge in [-0.2, -0.15) is 0 Å². The number of thioether (sulfide) groups is 1. The van der Waals surface area contributed by atoms with Crippen molar-refractivity contribution in [1.29, 1.82) is 0 Å². The van der Waals surface area contributed by atoms with Crippen LogP contribution >= 0.6 is 11.8 Å². The lowest BCUT2D eigenvalue weighted by atomic mass is 10.1. The summed E-state index contributed by atoms with van der Waals surface area (Å²) in [5.41, 5.74) is 1.41. The normalized spacial score (nSPS) is 14.5. The van der Waals surface area contributed by atoms with Crippen molar-refractivity contribution in [2.45, 2.75) is 26.1 Å². The largest absolute Gasteiger partial charge is 0.389 e. The number of hydrogen-bond donors (Lipinski definition) is 2. The summed E-state index contributed by atoms with van der Waals surface area (Å²) >= 11 is 0.996. The zero-order valence-corrected chi connectivity index (χ0v) is 10.1. The number of carbonyl (C=O) groups excluding carboxylic acids is 1. The molecule has 2 N–H and O–H groups in total. The third-order valence-corrected chi connectivity index (χ3v) is 3.01. The summed E-state index contributed by atoms with van der Waals surface area (Å²) in [5.74, 6) is 0.185. The Bertz CT molecular complexity index is 353. The first-order chi connectivity index (χ1) is 7.50. The minimum absolute atomic E-state index is 0.0757. The van der Waals surface area contributed by atoms with Crippen LogP contribution in [-0.4, -0.2) is 32.2 Å². The first-order valence-electron chi connectivity index (χ1n) is 4.92. The van der Waals surface area contributed by atoms with Gasteiger partial charge in [0.1, 0.15) is 6.10 Å². The van der Waals surface area contributed by atoms with E-state index in [1.54, 1.807) is 12.1 Å². The first-order valence-corrected chi connectivity index (χ1v) is 5.91. The van der Waals surface area contributed by atoms with Crippen LogP contribution in [0.4, 0.5) is 0 Å². The van der Waals surface area contributed by atoms with Crippen molar-refractivity contribution in [3.8, 4) is 0 Å². The molecule has 0 saturated heterocycles. The standard InChI is InChI=1S/C11H15NO3S/c1-7-3-4-9(5-12-7)11(15)10(14)6-16-8(2)13/h3-5,10-11,14-15H,6H2,1-2H3. The maximum absolute atomic E-state index is 10.7. The Labute approximate surface area is 98.7 Å². The van der Waals surface area contributed by atoms with Gasteiger partial charge in [-0.1, -0.05) is 17.8 Å². The molecular formula is C11H15NO3S. The lowest BCUT2D eigenvalue weighted by Crippen LogP contribution is -2.21. The highest BCUT2D eigenvalue weighted by atomic mass is 32.2. The van der Waals surface area contributed by atoms with Crippen LogP contribution in [0.15, 0.2) is 18.3 Å². The Kier molecular flexibility index (Phi) is 4.92. The molecule has 1 aromatic heterocycles. The van der Waals surface area contributed by atoms with Crippen LogP contribution in [0.25, 0.3) is 0 Å². The van der Waals surface area contributed by atoms with Crippen molar-refractivity contribution in [2.75, 3.05) is 5.75 Å². The summed E-state index contributed by atoms with van der Waals surface area (Å²) in [6.07, 6.45) is -0.430. The molecule has 2 unspecified atom stereocenters. The van der Waals surface area contributed by atoms with E-state index in [2.05, 4.69) is 4.98 Å². The second-order valence-corrected chi connectivity index (χ2v) is 4.74. The molecule has 0 fully saturated rings. The Hall–Kier alpha value is -0.910. The SMILES string of the molecule is CC(=O)SCC(O)C(O)c1ccc(C)nc1. The highest BCUT2D eigenvalue weighted by Gasteiger charge is 2.19. The fourth-order valence-corrected chi connectivity index (χ4v) is 1.76. The quantitative estimate of drug-likeness (QED) is 0.825. The van der Waals surface area contributed by atoms with Crippen molar-refractivity contribution in [1.82, 2.24) is 4.98 Å². The number of hydrogen-bond acceptors (Lipinski definition) is 5. The highest BCUT2D eigenvalue weighted by molar-refractivity contribution is 8.13. The van der Waals surface area contributed by atoms with Gasteiger partial charge in [-0.3, -0.25) is 9.78 Å². The second-order valence-electron chi connectivity index (χ2n) is 3.55. The van der Waals surface area contributed by atoms with E-state index in [0.29, 0.717) is 5.56 Å². The fraction of sp³-hybridized carbons (Fsp3) is 0.455. The molecule has 88 valence electrons. The molecular weight excluding hydrogens is 226 g/mol. The van der Waals surface area contributed by atoms with Crippen molar-refractivity contribution >= 4 is 16.9 Å². The molecule has 0 radical (unpaired) electrons. The smallest absolute Gasteiger partial charge is 0.185 e. The van der Waals surface area contributed by atoms with E-state index in [0.717, 1.165) is 17.5 Å². The Morgan fingerprint density at radius 2 is 2.19 bits per heavy atom. The van der Waals surface area contributed by atoms with Gasteiger partial charge in [0.25, 0.3) is 0 Å². The van der Waals surface area contributed by atoms with Crippen molar-refractivity contribution in [2.24, 2.45) is 0 Å². The average molecular weight is 241 g/mol. The van der Waals surface area contributed by atoms with Crippen LogP contribution in [0.1, 0.15) is 24.3 Å². The maximum atomic E-state index is 10.7.